The third-order valence-corrected chi connectivity index (χ3v) is 3.84. The van der Waals surface area contributed by atoms with Crippen molar-refractivity contribution in [1.29, 1.82) is 0 Å². The molecule has 5 heteroatoms. The van der Waals surface area contributed by atoms with E-state index in [1.54, 1.807) is 0 Å². The Morgan fingerprint density at radius 2 is 2.19 bits per heavy atom. The maximum Gasteiger partial charge on any atom is 0.165 e. The van der Waals surface area contributed by atoms with Crippen LogP contribution in [0, 0.1) is 5.41 Å². The Bertz CT molecular complexity index is 550. The molecule has 0 aliphatic carbocycles. The predicted octanol–water partition coefficient (Wildman–Crippen LogP) is 2.94. The largest absolute Gasteiger partial charge is 0.490 e. The molecular weight excluding hydrogens is 268 g/mol. The van der Waals surface area contributed by atoms with E-state index in [9.17, 15) is 0 Å². The number of ether oxygens (including phenoxy) is 2. The van der Waals surface area contributed by atoms with E-state index in [0.717, 1.165) is 17.9 Å². The first kappa shape index (κ1) is 15.5. The number of fused-ring (bicyclic) bond motifs is 1. The number of hydrogen-bond acceptors (Lipinski definition) is 4. The Morgan fingerprint density at radius 3 is 2.86 bits per heavy atom. The Kier molecular flexibility index (Phi) is 4.03. The molecule has 0 amide bonds. The molecule has 21 heavy (non-hydrogen) atoms. The van der Waals surface area contributed by atoms with Gasteiger partial charge in [0, 0.05) is 17.4 Å². The van der Waals surface area contributed by atoms with Crippen LogP contribution in [0.15, 0.2) is 23.4 Å². The summed E-state index contributed by atoms with van der Waals surface area (Å²) < 4.78 is 11.8. The fraction of sp³-hybridized carbons (Fsp3) is 0.562. The van der Waals surface area contributed by atoms with Crippen LogP contribution in [-0.4, -0.2) is 23.3 Å². The van der Waals surface area contributed by atoms with Crippen molar-refractivity contribution in [1.82, 2.24) is 0 Å². The lowest BCUT2D eigenvalue weighted by Gasteiger charge is -2.23. The smallest absolute Gasteiger partial charge is 0.165 e. The molecule has 0 fully saturated rings. The fourth-order valence-corrected chi connectivity index (χ4v) is 2.38. The number of nitrogens with zero attached hydrogens (tertiary/aromatic N) is 1. The van der Waals surface area contributed by atoms with Gasteiger partial charge in [-0.25, -0.2) is 0 Å². The summed E-state index contributed by atoms with van der Waals surface area (Å²) in [6.07, 6.45) is 1.53. The highest BCUT2D eigenvalue weighted by Gasteiger charge is 2.32. The Labute approximate surface area is 125 Å². The molecule has 0 radical (unpaired) electrons. The number of nitrogens with two attached hydrogens (primary N) is 1. The minimum atomic E-state index is -0.410. The van der Waals surface area contributed by atoms with E-state index < -0.39 is 5.41 Å². The molecule has 1 aromatic rings. The molecule has 1 aromatic carbocycles. The number of hydrogen-bond donors (Lipinski definition) is 2. The monoisotopic (exact) mass is 292 g/mol. The van der Waals surface area contributed by atoms with Crippen LogP contribution < -0.4 is 15.2 Å². The van der Waals surface area contributed by atoms with E-state index in [0.29, 0.717) is 13.0 Å². The van der Waals surface area contributed by atoms with Gasteiger partial charge in [-0.15, -0.1) is 0 Å². The Hall–Kier alpha value is -1.91. The topological polar surface area (TPSA) is 77.1 Å². The maximum absolute atomic E-state index is 8.77. The zero-order chi connectivity index (χ0) is 15.7. The molecule has 3 N–H and O–H groups in total. The van der Waals surface area contributed by atoms with Gasteiger partial charge in [0.15, 0.2) is 11.5 Å². The fourth-order valence-electron chi connectivity index (χ4n) is 2.38. The summed E-state index contributed by atoms with van der Waals surface area (Å²) in [5.74, 6) is 1.80. The summed E-state index contributed by atoms with van der Waals surface area (Å²) in [6.45, 7) is 8.45. The zero-order valence-electron chi connectivity index (χ0n) is 13.1. The summed E-state index contributed by atoms with van der Waals surface area (Å²) in [7, 11) is 0. The molecule has 1 aliphatic heterocycles. The van der Waals surface area contributed by atoms with Crippen LogP contribution in [0.2, 0.25) is 0 Å². The first-order valence-corrected chi connectivity index (χ1v) is 7.17. The number of para-hydroxylation sites is 1. The predicted molar refractivity (Wildman–Crippen MR) is 82.2 cm³/mol. The zero-order valence-corrected chi connectivity index (χ0v) is 13.1. The van der Waals surface area contributed by atoms with Crippen LogP contribution in [0.5, 0.6) is 11.5 Å². The van der Waals surface area contributed by atoms with Crippen molar-refractivity contribution < 1.29 is 14.7 Å². The maximum atomic E-state index is 8.77. The molecule has 0 aromatic heterocycles. The van der Waals surface area contributed by atoms with Crippen LogP contribution in [-0.2, 0) is 6.42 Å². The van der Waals surface area contributed by atoms with E-state index in [2.05, 4.69) is 25.1 Å². The normalized spacial score (nSPS) is 17.2. The highest BCUT2D eigenvalue weighted by Crippen LogP contribution is 2.41. The number of oxime groups is 1. The van der Waals surface area contributed by atoms with Crippen LogP contribution in [0.3, 0.4) is 0 Å². The van der Waals surface area contributed by atoms with Gasteiger partial charge in [-0.3, -0.25) is 0 Å². The van der Waals surface area contributed by atoms with Crippen molar-refractivity contribution in [3.63, 3.8) is 0 Å². The van der Waals surface area contributed by atoms with E-state index in [1.807, 2.05) is 26.0 Å². The van der Waals surface area contributed by atoms with Crippen molar-refractivity contribution in [3.8, 4) is 11.5 Å². The molecule has 0 spiro atoms. The summed E-state index contributed by atoms with van der Waals surface area (Å²) in [5, 5.41) is 11.9. The van der Waals surface area contributed by atoms with Crippen molar-refractivity contribution in [3.05, 3.63) is 23.8 Å². The molecule has 5 nitrogen and oxygen atoms in total. The van der Waals surface area contributed by atoms with Crippen molar-refractivity contribution in [2.24, 2.45) is 16.3 Å². The summed E-state index contributed by atoms with van der Waals surface area (Å²) in [5.41, 5.74) is 6.25. The standard InChI is InChI=1S/C16H24N2O3/c1-15(2,14(17)18-19)8-9-20-12-7-5-6-11-10-16(3,4)21-13(11)12/h5-7,19H,8-10H2,1-4H3,(H2,17,18). The van der Waals surface area contributed by atoms with Crippen LogP contribution in [0.4, 0.5) is 0 Å². The molecule has 0 unspecified atom stereocenters. The third-order valence-electron chi connectivity index (χ3n) is 3.84. The van der Waals surface area contributed by atoms with Crippen LogP contribution in [0.1, 0.15) is 39.7 Å². The average molecular weight is 292 g/mol. The minimum Gasteiger partial charge on any atom is -0.490 e. The van der Waals surface area contributed by atoms with Crippen molar-refractivity contribution in [2.75, 3.05) is 6.61 Å². The molecule has 1 aliphatic rings. The van der Waals surface area contributed by atoms with Gasteiger partial charge < -0.3 is 20.4 Å². The minimum absolute atomic E-state index is 0.185. The van der Waals surface area contributed by atoms with Crippen molar-refractivity contribution in [2.45, 2.75) is 46.1 Å². The highest BCUT2D eigenvalue weighted by atomic mass is 16.5. The number of rotatable bonds is 5. The molecule has 0 saturated heterocycles. The molecular formula is C16H24N2O3. The molecule has 0 bridgehead atoms. The van der Waals surface area contributed by atoms with Gasteiger partial charge in [0.05, 0.1) is 6.61 Å². The molecule has 0 atom stereocenters. The number of benzene rings is 1. The summed E-state index contributed by atoms with van der Waals surface area (Å²) in [6, 6.07) is 5.96. The third kappa shape index (κ3) is 3.40. The van der Waals surface area contributed by atoms with Crippen LogP contribution >= 0.6 is 0 Å². The Balaban J connectivity index is 2.02. The van der Waals surface area contributed by atoms with Gasteiger partial charge in [0.1, 0.15) is 11.4 Å². The second kappa shape index (κ2) is 5.47. The van der Waals surface area contributed by atoms with Gasteiger partial charge in [-0.05, 0) is 26.3 Å². The quantitative estimate of drug-likeness (QED) is 0.378. The van der Waals surface area contributed by atoms with Gasteiger partial charge in [0.25, 0.3) is 0 Å². The molecule has 1 heterocycles. The second-order valence-corrected chi connectivity index (χ2v) is 6.75. The number of amidine groups is 1. The summed E-state index contributed by atoms with van der Waals surface area (Å²) >= 11 is 0. The van der Waals surface area contributed by atoms with Gasteiger partial charge in [0.2, 0.25) is 0 Å². The van der Waals surface area contributed by atoms with Gasteiger partial charge in [-0.2, -0.15) is 0 Å². The van der Waals surface area contributed by atoms with E-state index in [4.69, 9.17) is 20.4 Å². The lowest BCUT2D eigenvalue weighted by Crippen LogP contribution is -2.33. The Morgan fingerprint density at radius 1 is 1.48 bits per heavy atom. The summed E-state index contributed by atoms with van der Waals surface area (Å²) in [4.78, 5) is 0. The second-order valence-electron chi connectivity index (χ2n) is 6.75. The lowest BCUT2D eigenvalue weighted by molar-refractivity contribution is 0.131. The molecule has 0 saturated carbocycles. The van der Waals surface area contributed by atoms with E-state index >= 15 is 0 Å². The van der Waals surface area contributed by atoms with Crippen molar-refractivity contribution >= 4 is 5.84 Å². The van der Waals surface area contributed by atoms with E-state index in [1.165, 1.54) is 5.56 Å². The average Bonchev–Trinajstić information content (AvgIpc) is 2.72. The van der Waals surface area contributed by atoms with E-state index in [-0.39, 0.29) is 11.4 Å². The first-order chi connectivity index (χ1) is 9.75. The van der Waals surface area contributed by atoms with Gasteiger partial charge in [-0.1, -0.05) is 31.1 Å². The SMILES string of the molecule is CC1(C)Cc2cccc(OCCC(C)(C)C(N)=NO)c2O1. The van der Waals surface area contributed by atoms with Crippen LogP contribution in [0.25, 0.3) is 0 Å². The molecule has 2 rings (SSSR count). The first-order valence-electron chi connectivity index (χ1n) is 7.17. The van der Waals surface area contributed by atoms with Gasteiger partial charge >= 0.3 is 0 Å². The molecule has 116 valence electrons. The lowest BCUT2D eigenvalue weighted by atomic mass is 9.88. The highest BCUT2D eigenvalue weighted by molar-refractivity contribution is 5.85.